The molecule has 1 atom stereocenters. The van der Waals surface area contributed by atoms with Gasteiger partial charge in [-0.15, -0.1) is 0 Å². The molecule has 0 bridgehead atoms. The molecule has 2 N–H and O–H groups in total. The van der Waals surface area contributed by atoms with Crippen molar-refractivity contribution in [3.05, 3.63) is 11.4 Å². The molecule has 0 saturated heterocycles. The van der Waals surface area contributed by atoms with Crippen LogP contribution in [0.5, 0.6) is 0 Å². The Morgan fingerprint density at radius 1 is 1.42 bits per heavy atom. The Labute approximate surface area is 114 Å². The van der Waals surface area contributed by atoms with Crippen molar-refractivity contribution < 1.29 is 8.78 Å². The standard InChI is InChI=1S/C13H24F2N4/c1-6-19(5)8-7-11(12(14)15)18-13(17-4)9(2)10(3)16/h11-12,16,18H,4,6-8H2,1-3,5H3/b13-9+,16-10?. The summed E-state index contributed by atoms with van der Waals surface area (Å²) in [6.07, 6.45) is -2.17. The number of allylic oxidation sites excluding steroid dienone is 1. The van der Waals surface area contributed by atoms with E-state index in [4.69, 9.17) is 5.41 Å². The van der Waals surface area contributed by atoms with E-state index in [1.807, 2.05) is 18.9 Å². The molecule has 0 fully saturated rings. The SMILES string of the molecule is C=N/C(NC(CCN(C)CC)C(F)F)=C(/C)C(C)=N. The van der Waals surface area contributed by atoms with Crippen LogP contribution >= 0.6 is 0 Å². The van der Waals surface area contributed by atoms with Gasteiger partial charge in [-0.25, -0.2) is 13.8 Å². The third kappa shape index (κ3) is 6.42. The Balaban J connectivity index is 4.78. The molecule has 0 aromatic heterocycles. The number of alkyl halides is 2. The summed E-state index contributed by atoms with van der Waals surface area (Å²) in [5.74, 6) is 0.261. The van der Waals surface area contributed by atoms with Gasteiger partial charge < -0.3 is 15.6 Å². The zero-order valence-electron chi connectivity index (χ0n) is 12.1. The third-order valence-electron chi connectivity index (χ3n) is 3.06. The average molecular weight is 274 g/mol. The van der Waals surface area contributed by atoms with Crippen LogP contribution in [0.4, 0.5) is 8.78 Å². The smallest absolute Gasteiger partial charge is 0.258 e. The summed E-state index contributed by atoms with van der Waals surface area (Å²) in [5.41, 5.74) is 0.818. The minimum Gasteiger partial charge on any atom is -0.361 e. The maximum Gasteiger partial charge on any atom is 0.258 e. The van der Waals surface area contributed by atoms with E-state index in [9.17, 15) is 8.78 Å². The van der Waals surface area contributed by atoms with Crippen molar-refractivity contribution in [1.82, 2.24) is 10.2 Å². The fraction of sp³-hybridized carbons (Fsp3) is 0.692. The molecule has 19 heavy (non-hydrogen) atoms. The molecule has 6 heteroatoms. The van der Waals surface area contributed by atoms with Gasteiger partial charge in [0.1, 0.15) is 5.82 Å². The van der Waals surface area contributed by atoms with E-state index in [0.717, 1.165) is 6.54 Å². The van der Waals surface area contributed by atoms with Crippen LogP contribution in [0.3, 0.4) is 0 Å². The molecule has 0 radical (unpaired) electrons. The number of rotatable bonds is 9. The third-order valence-corrected chi connectivity index (χ3v) is 3.06. The minimum atomic E-state index is -2.49. The Morgan fingerprint density at radius 3 is 2.37 bits per heavy atom. The number of hydrogen-bond acceptors (Lipinski definition) is 4. The van der Waals surface area contributed by atoms with Crippen molar-refractivity contribution in [2.75, 3.05) is 20.1 Å². The molecule has 0 aliphatic rings. The topological polar surface area (TPSA) is 51.5 Å². The molecule has 0 aromatic rings. The van der Waals surface area contributed by atoms with Crippen molar-refractivity contribution in [2.24, 2.45) is 4.99 Å². The van der Waals surface area contributed by atoms with Gasteiger partial charge in [-0.1, -0.05) is 6.92 Å². The number of nitrogens with one attached hydrogen (secondary N) is 2. The first-order valence-corrected chi connectivity index (χ1v) is 6.29. The van der Waals surface area contributed by atoms with Crippen LogP contribution in [0.2, 0.25) is 0 Å². The summed E-state index contributed by atoms with van der Waals surface area (Å²) in [7, 11) is 1.89. The molecule has 0 aliphatic heterocycles. The van der Waals surface area contributed by atoms with Crippen LogP contribution in [0.25, 0.3) is 0 Å². The predicted octanol–water partition coefficient (Wildman–Crippen LogP) is 2.52. The van der Waals surface area contributed by atoms with Crippen molar-refractivity contribution in [1.29, 1.82) is 5.41 Å². The highest BCUT2D eigenvalue weighted by Crippen LogP contribution is 2.12. The number of aliphatic imine (C=N–C) groups is 1. The van der Waals surface area contributed by atoms with Gasteiger partial charge >= 0.3 is 0 Å². The number of nitrogens with zero attached hydrogens (tertiary/aromatic N) is 2. The molecule has 0 saturated carbocycles. The quantitative estimate of drug-likeness (QED) is 0.635. The zero-order valence-corrected chi connectivity index (χ0v) is 12.1. The number of halogens is 2. The summed E-state index contributed by atoms with van der Waals surface area (Å²) in [4.78, 5) is 5.68. The molecule has 0 aliphatic carbocycles. The molecule has 0 rings (SSSR count). The van der Waals surface area contributed by atoms with E-state index in [2.05, 4.69) is 17.0 Å². The highest BCUT2D eigenvalue weighted by Gasteiger charge is 2.21. The van der Waals surface area contributed by atoms with E-state index in [-0.39, 0.29) is 11.5 Å². The first kappa shape index (κ1) is 17.7. The molecule has 110 valence electrons. The van der Waals surface area contributed by atoms with E-state index >= 15 is 0 Å². The Bertz CT molecular complexity index is 340. The second-order valence-electron chi connectivity index (χ2n) is 4.53. The van der Waals surface area contributed by atoms with Gasteiger partial charge in [0.2, 0.25) is 0 Å². The molecule has 0 spiro atoms. The van der Waals surface area contributed by atoms with Crippen molar-refractivity contribution in [3.8, 4) is 0 Å². The lowest BCUT2D eigenvalue weighted by Gasteiger charge is -2.23. The molecule has 1 unspecified atom stereocenters. The molecule has 0 amide bonds. The Hall–Kier alpha value is -1.30. The van der Waals surface area contributed by atoms with Crippen molar-refractivity contribution >= 4 is 12.4 Å². The minimum absolute atomic E-state index is 0.261. The lowest BCUT2D eigenvalue weighted by molar-refractivity contribution is 0.0937. The van der Waals surface area contributed by atoms with E-state index in [1.165, 1.54) is 0 Å². The monoisotopic (exact) mass is 274 g/mol. The van der Waals surface area contributed by atoms with Crippen molar-refractivity contribution in [3.63, 3.8) is 0 Å². The van der Waals surface area contributed by atoms with Crippen LogP contribution in [-0.4, -0.2) is 49.9 Å². The second-order valence-corrected chi connectivity index (χ2v) is 4.53. The van der Waals surface area contributed by atoms with E-state index in [1.54, 1.807) is 13.8 Å². The lowest BCUT2D eigenvalue weighted by atomic mass is 10.1. The van der Waals surface area contributed by atoms with Gasteiger partial charge in [-0.3, -0.25) is 0 Å². The first-order valence-electron chi connectivity index (χ1n) is 6.29. The summed E-state index contributed by atoms with van der Waals surface area (Å²) >= 11 is 0. The van der Waals surface area contributed by atoms with Crippen LogP contribution in [0.1, 0.15) is 27.2 Å². The maximum absolute atomic E-state index is 13.0. The fourth-order valence-electron chi connectivity index (χ4n) is 1.40. The van der Waals surface area contributed by atoms with E-state index in [0.29, 0.717) is 18.5 Å². The molecular weight excluding hydrogens is 250 g/mol. The largest absolute Gasteiger partial charge is 0.361 e. The number of hydrogen-bond donors (Lipinski definition) is 2. The second kappa shape index (κ2) is 8.74. The van der Waals surface area contributed by atoms with Gasteiger partial charge in [0.05, 0.1) is 6.04 Å². The lowest BCUT2D eigenvalue weighted by Crippen LogP contribution is -2.38. The molecule has 4 nitrogen and oxygen atoms in total. The van der Waals surface area contributed by atoms with Gasteiger partial charge in [0, 0.05) is 11.3 Å². The Morgan fingerprint density at radius 2 is 2.00 bits per heavy atom. The average Bonchev–Trinajstić information content (AvgIpc) is 2.37. The maximum atomic E-state index is 13.0. The normalized spacial score (nSPS) is 14.3. The summed E-state index contributed by atoms with van der Waals surface area (Å²) in [5, 5.41) is 10.2. The highest BCUT2D eigenvalue weighted by atomic mass is 19.3. The zero-order chi connectivity index (χ0) is 15.0. The van der Waals surface area contributed by atoms with Gasteiger partial charge in [-0.05, 0) is 47.1 Å². The Kier molecular flexibility index (Phi) is 8.14. The molecule has 0 heterocycles. The molecular formula is C13H24F2N4. The van der Waals surface area contributed by atoms with Gasteiger partial charge in [0.25, 0.3) is 6.43 Å². The van der Waals surface area contributed by atoms with E-state index < -0.39 is 12.5 Å². The summed E-state index contributed by atoms with van der Waals surface area (Å²) in [6, 6.07) is -0.983. The fourth-order valence-corrected chi connectivity index (χ4v) is 1.40. The summed E-state index contributed by atoms with van der Waals surface area (Å²) < 4.78 is 26.0. The highest BCUT2D eigenvalue weighted by molar-refractivity contribution is 5.95. The first-order chi connectivity index (χ1) is 8.83. The summed E-state index contributed by atoms with van der Waals surface area (Å²) in [6.45, 7) is 9.99. The van der Waals surface area contributed by atoms with Crippen LogP contribution in [0, 0.1) is 5.41 Å². The van der Waals surface area contributed by atoms with Gasteiger partial charge in [0.15, 0.2) is 0 Å². The van der Waals surface area contributed by atoms with Crippen molar-refractivity contribution in [2.45, 2.75) is 39.7 Å². The molecule has 0 aromatic carbocycles. The van der Waals surface area contributed by atoms with Crippen LogP contribution in [-0.2, 0) is 0 Å². The van der Waals surface area contributed by atoms with Crippen LogP contribution < -0.4 is 5.32 Å². The van der Waals surface area contributed by atoms with Crippen LogP contribution in [0.15, 0.2) is 16.4 Å². The predicted molar refractivity (Wildman–Crippen MR) is 76.4 cm³/mol. The van der Waals surface area contributed by atoms with Gasteiger partial charge in [-0.2, -0.15) is 0 Å².